The van der Waals surface area contributed by atoms with Gasteiger partial charge in [-0.25, -0.2) is 45.9 Å². The number of nitrogens with zero attached hydrogens (tertiary/aromatic N) is 17. The smallest absolute Gasteiger partial charge is 0.276 e. The fourth-order valence-corrected chi connectivity index (χ4v) is 18.1. The number of aromatic nitrogens is 16. The summed E-state index contributed by atoms with van der Waals surface area (Å²) in [5, 5.41) is 42.6. The second-order valence-electron chi connectivity index (χ2n) is 34.9. The van der Waals surface area contributed by atoms with Crippen LogP contribution in [-0.4, -0.2) is 216 Å². The molecule has 5 aliphatic rings. The number of rotatable bonds is 22. The van der Waals surface area contributed by atoms with E-state index in [1.807, 2.05) is 152 Å². The number of anilines is 5. The number of likely N-dealkylation sites (tertiary alicyclic amines) is 4. The second-order valence-corrected chi connectivity index (χ2v) is 36.9. The summed E-state index contributed by atoms with van der Waals surface area (Å²) < 4.78 is 77.4. The normalized spacial score (nSPS) is 15.7. The number of aryl methyl sites for hydroxylation is 1. The molecule has 4 amide bonds. The molecule has 11 aromatic heterocycles. The van der Waals surface area contributed by atoms with E-state index in [1.54, 1.807) is 60.1 Å². The number of alkyl halides is 4. The van der Waals surface area contributed by atoms with Crippen molar-refractivity contribution in [3.05, 3.63) is 277 Å². The summed E-state index contributed by atoms with van der Waals surface area (Å²) in [6.45, 7) is 11.3. The Kier molecular flexibility index (Phi) is 27.6. The largest absolute Gasteiger partial charge is 0.357 e. The van der Waals surface area contributed by atoms with Gasteiger partial charge in [0.2, 0.25) is 0 Å². The molecule has 0 aliphatic carbocycles. The van der Waals surface area contributed by atoms with Crippen LogP contribution in [0.4, 0.5) is 46.1 Å². The number of hydrogen-bond donors (Lipinski definition) is 8. The zero-order valence-electron chi connectivity index (χ0n) is 74.8. The Morgan fingerprint density at radius 2 is 0.684 bits per heavy atom. The van der Waals surface area contributed by atoms with Gasteiger partial charge in [-0.1, -0.05) is 55.3 Å². The van der Waals surface area contributed by atoms with Crippen LogP contribution in [0, 0.1) is 6.92 Å². The number of aromatic amines is 4. The van der Waals surface area contributed by atoms with E-state index in [0.717, 1.165) is 148 Å². The summed E-state index contributed by atoms with van der Waals surface area (Å²) in [5.41, 5.74) is 17.9. The first-order valence-electron chi connectivity index (χ1n) is 45.2. The molecule has 36 heteroatoms. The Balaban J connectivity index is 0.000000121. The summed E-state index contributed by atoms with van der Waals surface area (Å²) >= 11 is 0. The summed E-state index contributed by atoms with van der Waals surface area (Å²) in [5.74, 6) is -5.04. The highest BCUT2D eigenvalue weighted by Gasteiger charge is 2.39. The summed E-state index contributed by atoms with van der Waals surface area (Å²) in [6.07, 6.45) is 31.4. The lowest BCUT2D eigenvalue weighted by Crippen LogP contribution is -2.29. The number of pyridine rings is 6. The number of fused-ring (bicyclic) bond motifs is 4. The van der Waals surface area contributed by atoms with E-state index in [-0.39, 0.29) is 60.1 Å². The summed E-state index contributed by atoms with van der Waals surface area (Å²) in [6, 6.07) is 47.2. The third-order valence-electron chi connectivity index (χ3n) is 24.5. The highest BCUT2D eigenvalue weighted by molar-refractivity contribution is 7.90. The predicted octanol–water partition coefficient (Wildman–Crippen LogP) is 17.1. The zero-order chi connectivity index (χ0) is 93.9. The third kappa shape index (κ3) is 22.8. The van der Waals surface area contributed by atoms with E-state index in [9.17, 15) is 45.2 Å². The van der Waals surface area contributed by atoms with Crippen molar-refractivity contribution in [3.63, 3.8) is 0 Å². The van der Waals surface area contributed by atoms with Gasteiger partial charge in [0.15, 0.2) is 37.6 Å². The number of amides is 4. The van der Waals surface area contributed by atoms with Crippen molar-refractivity contribution in [2.75, 3.05) is 97.9 Å². The molecule has 16 heterocycles. The maximum Gasteiger partial charge on any atom is 0.276 e. The van der Waals surface area contributed by atoms with Crippen LogP contribution in [-0.2, 0) is 36.0 Å². The predicted molar refractivity (Wildman–Crippen MR) is 513 cm³/mol. The molecule has 136 heavy (non-hydrogen) atoms. The van der Waals surface area contributed by atoms with Gasteiger partial charge in [0, 0.05) is 171 Å². The molecular formula is C100H99F4N25O6S. The number of nitrogens with one attached hydrogen (secondary N) is 8. The SMILES string of the molecule is CS(=O)(=O)c1ccc(NC(=O)c2n[nH]c3ccc(-c4cncc(CN5CCCCC5)c4)cc23)cn1.Cc1ncc(NC(=O)c2n[nH]c3ccc(-c4cncc(CN5CCCCC5)c4)cc23)cn1.O=C(Nc1ccc(N2CCCC2)nc1)c1n[nH]c2ccc(-c3cncc(CN4CCC(F)(F)C4)c3)cc12.O=C(Nc1ccccc1)c1n[nH]c2ccc(-c3cncc(CN4CCC(F)(F)C4)c3)cc12. The molecule has 0 atom stereocenters. The lowest BCUT2D eigenvalue weighted by atomic mass is 10.0. The van der Waals surface area contributed by atoms with Gasteiger partial charge in [-0.05, 0) is 225 Å². The fraction of sp³-hybridized carbons (Fsp3) is 0.280. The Morgan fingerprint density at radius 1 is 0.346 bits per heavy atom. The Hall–Kier alpha value is -14.9. The van der Waals surface area contributed by atoms with Crippen LogP contribution in [0.25, 0.3) is 88.1 Å². The summed E-state index contributed by atoms with van der Waals surface area (Å²) in [7, 11) is -3.41. The average Bonchev–Trinajstić information content (AvgIpc) is 1.63. The molecule has 31 nitrogen and oxygen atoms in total. The van der Waals surface area contributed by atoms with Crippen LogP contribution in [0.1, 0.15) is 134 Å². The average molecular weight is 1860 g/mol. The molecule has 5 fully saturated rings. The molecule has 694 valence electrons. The molecule has 5 aliphatic heterocycles. The van der Waals surface area contributed by atoms with Crippen molar-refractivity contribution in [2.24, 2.45) is 0 Å². The van der Waals surface area contributed by atoms with Gasteiger partial charge in [0.05, 0.1) is 77.0 Å². The van der Waals surface area contributed by atoms with Crippen molar-refractivity contribution in [1.29, 1.82) is 0 Å². The molecule has 0 unspecified atom stereocenters. The van der Waals surface area contributed by atoms with Crippen LogP contribution < -0.4 is 26.2 Å². The monoisotopic (exact) mass is 1850 g/mol. The van der Waals surface area contributed by atoms with E-state index < -0.39 is 27.6 Å². The van der Waals surface area contributed by atoms with E-state index >= 15 is 0 Å². The van der Waals surface area contributed by atoms with Crippen molar-refractivity contribution in [3.8, 4) is 44.5 Å². The zero-order valence-corrected chi connectivity index (χ0v) is 75.6. The minimum absolute atomic E-state index is 0.0542. The van der Waals surface area contributed by atoms with Gasteiger partial charge in [-0.15, -0.1) is 0 Å². The molecule has 0 spiro atoms. The van der Waals surface area contributed by atoms with Crippen molar-refractivity contribution >= 4 is 106 Å². The van der Waals surface area contributed by atoms with Gasteiger partial charge in [-0.3, -0.25) is 79.1 Å². The lowest BCUT2D eigenvalue weighted by molar-refractivity contribution is 0.0108. The highest BCUT2D eigenvalue weighted by Crippen LogP contribution is 2.36. The third-order valence-corrected chi connectivity index (χ3v) is 25.5. The van der Waals surface area contributed by atoms with Gasteiger partial charge in [-0.2, -0.15) is 20.4 Å². The van der Waals surface area contributed by atoms with Crippen molar-refractivity contribution < 1.29 is 45.2 Å². The van der Waals surface area contributed by atoms with Crippen LogP contribution in [0.5, 0.6) is 0 Å². The standard InChI is InChI=1S/C27H27F2N7O.C25H26N6O3S.C24H21F2N5O.C24H25N7O/c28-27(29)7-10-35(17-27)16-18-11-20(14-30-13-18)19-3-5-23-22(12-19)25(34-33-23)26(37)32-21-4-6-24(31-15-21)36-8-1-2-9-36;1-35(33,34)23-8-6-20(15-27-23)28-25(32)24-21-12-18(5-7-22(21)29-30-24)19-11-17(13-26-14-19)16-31-9-3-2-4-10-31;25-24(26)8-9-31(15-24)14-16-10-18(13-27-12-16)17-6-7-21-20(11-17)22(30-29-21)23(32)28-19-4-2-1-3-5-19;1-16-26-13-20(14-27-16)28-24(32)23-21-10-18(5-6-22(21)29-30-23)19-9-17(11-25-12-19)15-31-7-3-2-4-8-31/h3-6,11-15H,1-2,7-10,16-17H2,(H,32,37)(H,33,34);5-8,11-15H,2-4,9-10,16H2,1H3,(H,28,32)(H,29,30);1-7,10-13H,8-9,14-15H2,(H,28,32)(H,29,30);5-6,9-14H,2-4,7-8,15H2,1H3,(H,28,32)(H,29,30). The molecule has 21 rings (SSSR count). The minimum atomic E-state index is -3.41. The molecule has 0 radical (unpaired) electrons. The van der Waals surface area contributed by atoms with E-state index in [0.29, 0.717) is 82.3 Å². The lowest BCUT2D eigenvalue weighted by Gasteiger charge is -2.26. The van der Waals surface area contributed by atoms with Gasteiger partial charge in [0.25, 0.3) is 35.5 Å². The number of halogens is 4. The summed E-state index contributed by atoms with van der Waals surface area (Å²) in [4.78, 5) is 96.5. The molecule has 0 bridgehead atoms. The second kappa shape index (κ2) is 40.9. The minimum Gasteiger partial charge on any atom is -0.357 e. The first kappa shape index (κ1) is 91.6. The van der Waals surface area contributed by atoms with Crippen LogP contribution in [0.2, 0.25) is 0 Å². The number of para-hydroxylation sites is 1. The maximum atomic E-state index is 13.6. The van der Waals surface area contributed by atoms with Gasteiger partial charge >= 0.3 is 0 Å². The molecule has 8 N–H and O–H groups in total. The molecule has 5 saturated heterocycles. The van der Waals surface area contributed by atoms with Crippen molar-refractivity contribution in [1.82, 2.24) is 100 Å². The number of hydrogen-bond acceptors (Lipinski definition) is 23. The number of carbonyl (C=O) groups is 4. The van der Waals surface area contributed by atoms with Crippen LogP contribution in [0.15, 0.2) is 231 Å². The number of sulfone groups is 1. The Bertz CT molecular complexity index is 7110. The van der Waals surface area contributed by atoms with Crippen molar-refractivity contribution in [2.45, 2.75) is 114 Å². The number of carbonyl (C=O) groups excluding carboxylic acids is 4. The quantitative estimate of drug-likeness (QED) is 0.0292. The maximum absolute atomic E-state index is 13.6. The fourth-order valence-electron chi connectivity index (χ4n) is 17.6. The van der Waals surface area contributed by atoms with Crippen LogP contribution in [0.3, 0.4) is 0 Å². The van der Waals surface area contributed by atoms with Gasteiger partial charge < -0.3 is 26.2 Å². The van der Waals surface area contributed by atoms with E-state index in [1.165, 1.54) is 80.8 Å². The van der Waals surface area contributed by atoms with Crippen LogP contribution >= 0.6 is 0 Å². The van der Waals surface area contributed by atoms with Gasteiger partial charge in [0.1, 0.15) is 11.6 Å². The number of benzene rings is 5. The molecule has 16 aromatic rings. The molecule has 5 aromatic carbocycles. The first-order valence-corrected chi connectivity index (χ1v) is 47.1. The molecular weight excluding hydrogens is 1760 g/mol. The number of piperidine rings is 2. The van der Waals surface area contributed by atoms with E-state index in [2.05, 4.69) is 129 Å². The topological polar surface area (TPSA) is 385 Å². The van der Waals surface area contributed by atoms with E-state index in [4.69, 9.17) is 0 Å². The highest BCUT2D eigenvalue weighted by atomic mass is 32.2. The Morgan fingerprint density at radius 3 is 1.02 bits per heavy atom. The molecule has 0 saturated carbocycles. The number of H-pyrrole nitrogens is 4. The first-order chi connectivity index (χ1) is 65.9. The Labute approximate surface area is 780 Å².